The normalized spacial score (nSPS) is 15.4. The fourth-order valence-electron chi connectivity index (χ4n) is 4.79. The minimum absolute atomic E-state index is 0.271. The second-order valence-corrected chi connectivity index (χ2v) is 11.4. The Bertz CT molecular complexity index is 1460. The van der Waals surface area contributed by atoms with E-state index in [-0.39, 0.29) is 4.90 Å². The molecule has 1 aliphatic rings. The van der Waals surface area contributed by atoms with Crippen molar-refractivity contribution >= 4 is 47.7 Å². The summed E-state index contributed by atoms with van der Waals surface area (Å²) in [6.45, 7) is 2.10. The molecule has 0 radical (unpaired) electrons. The molecule has 172 valence electrons. The van der Waals surface area contributed by atoms with Crippen LogP contribution in [0.25, 0.3) is 21.9 Å². The molecule has 3 heterocycles. The third kappa shape index (κ3) is 4.16. The fourth-order valence-corrected chi connectivity index (χ4v) is 5.99. The second kappa shape index (κ2) is 8.74. The van der Waals surface area contributed by atoms with E-state index >= 15 is 0 Å². The number of hydrogen-bond acceptors (Lipinski definition) is 5. The van der Waals surface area contributed by atoms with Crippen molar-refractivity contribution in [1.82, 2.24) is 9.55 Å². The molecule has 33 heavy (non-hydrogen) atoms. The van der Waals surface area contributed by atoms with Gasteiger partial charge in [0.05, 0.1) is 33.9 Å². The Hall–Kier alpha value is -2.42. The molecule has 8 heteroatoms. The Morgan fingerprint density at radius 3 is 2.70 bits per heavy atom. The van der Waals surface area contributed by atoms with E-state index in [1.54, 1.807) is 25.4 Å². The topological polar surface area (TPSA) is 70.4 Å². The van der Waals surface area contributed by atoms with Crippen LogP contribution >= 0.6 is 15.9 Å². The Morgan fingerprint density at radius 1 is 1.18 bits per heavy atom. The summed E-state index contributed by atoms with van der Waals surface area (Å²) in [5.41, 5.74) is 4.60. The monoisotopic (exact) mass is 528 g/mol. The highest BCUT2D eigenvalue weighted by molar-refractivity contribution is 9.10. The van der Waals surface area contributed by atoms with Crippen LogP contribution in [-0.2, 0) is 21.1 Å². The highest BCUT2D eigenvalue weighted by Crippen LogP contribution is 2.39. The zero-order valence-corrected chi connectivity index (χ0v) is 20.9. The molecule has 5 rings (SSSR count). The maximum Gasteiger partial charge on any atom is 0.177 e. The summed E-state index contributed by atoms with van der Waals surface area (Å²) in [5, 5.41) is 0.712. The Morgan fingerprint density at radius 2 is 1.97 bits per heavy atom. The molecule has 0 bridgehead atoms. The van der Waals surface area contributed by atoms with Crippen molar-refractivity contribution in [3.05, 3.63) is 64.3 Å². The van der Waals surface area contributed by atoms with E-state index in [0.29, 0.717) is 29.1 Å². The molecule has 1 saturated heterocycles. The van der Waals surface area contributed by atoms with Gasteiger partial charge >= 0.3 is 0 Å². The maximum atomic E-state index is 12.8. The number of hydrogen-bond donors (Lipinski definition) is 0. The van der Waals surface area contributed by atoms with E-state index in [1.165, 1.54) is 11.8 Å². The van der Waals surface area contributed by atoms with Crippen molar-refractivity contribution in [3.8, 4) is 5.75 Å². The lowest BCUT2D eigenvalue weighted by Crippen LogP contribution is -2.14. The predicted octanol–water partition coefficient (Wildman–Crippen LogP) is 5.31. The number of aromatic nitrogens is 2. The van der Waals surface area contributed by atoms with E-state index < -0.39 is 9.84 Å². The van der Waals surface area contributed by atoms with Crippen LogP contribution in [0.3, 0.4) is 0 Å². The van der Waals surface area contributed by atoms with E-state index in [0.717, 1.165) is 47.1 Å². The first-order valence-corrected chi connectivity index (χ1v) is 13.6. The van der Waals surface area contributed by atoms with Crippen LogP contribution in [0.15, 0.2) is 58.0 Å². The van der Waals surface area contributed by atoms with Crippen LogP contribution < -0.4 is 4.74 Å². The molecule has 1 fully saturated rings. The molecule has 1 aliphatic heterocycles. The Balaban J connectivity index is 1.74. The van der Waals surface area contributed by atoms with Gasteiger partial charge in [-0.1, -0.05) is 24.3 Å². The van der Waals surface area contributed by atoms with Crippen LogP contribution in [0.5, 0.6) is 5.75 Å². The van der Waals surface area contributed by atoms with Gasteiger partial charge < -0.3 is 14.0 Å². The van der Waals surface area contributed by atoms with Crippen molar-refractivity contribution in [2.45, 2.75) is 30.2 Å². The number of nitrogens with zero attached hydrogens (tertiary/aromatic N) is 2. The second-order valence-electron chi connectivity index (χ2n) is 8.50. The van der Waals surface area contributed by atoms with Gasteiger partial charge in [0.25, 0.3) is 0 Å². The molecule has 0 N–H and O–H groups in total. The minimum atomic E-state index is -3.48. The average Bonchev–Trinajstić information content (AvgIpc) is 3.12. The molecule has 6 nitrogen and oxygen atoms in total. The standard InChI is InChI=1S/C25H25BrN2O4S/c1-31-21-6-7-22(33(2,29)30)25-23(21)24-20(13-19(26)14-27-24)28(25)15-16-4-3-5-18(12-16)17-8-10-32-11-9-17/h3-7,12-14,17H,8-11,15H2,1-2H3. The van der Waals surface area contributed by atoms with Crippen LogP contribution in [0.4, 0.5) is 0 Å². The van der Waals surface area contributed by atoms with Crippen LogP contribution in [-0.4, -0.2) is 44.5 Å². The van der Waals surface area contributed by atoms with Crippen LogP contribution in [0.2, 0.25) is 0 Å². The van der Waals surface area contributed by atoms with Gasteiger partial charge in [-0.2, -0.15) is 0 Å². The van der Waals surface area contributed by atoms with E-state index in [2.05, 4.69) is 45.2 Å². The summed E-state index contributed by atoms with van der Waals surface area (Å²) in [6, 6.07) is 13.9. The minimum Gasteiger partial charge on any atom is -0.496 e. The summed E-state index contributed by atoms with van der Waals surface area (Å²) < 4.78 is 39.5. The first-order chi connectivity index (χ1) is 15.9. The molecule has 2 aromatic carbocycles. The highest BCUT2D eigenvalue weighted by atomic mass is 79.9. The Kier molecular flexibility index (Phi) is 5.93. The molecule has 0 saturated carbocycles. The number of fused-ring (bicyclic) bond motifs is 3. The zero-order chi connectivity index (χ0) is 23.2. The summed E-state index contributed by atoms with van der Waals surface area (Å²) in [4.78, 5) is 4.91. The molecule has 0 unspecified atom stereocenters. The number of benzene rings is 2. The summed E-state index contributed by atoms with van der Waals surface area (Å²) >= 11 is 3.53. The van der Waals surface area contributed by atoms with Gasteiger partial charge in [0.2, 0.25) is 0 Å². The van der Waals surface area contributed by atoms with E-state index in [1.807, 2.05) is 10.6 Å². The summed E-state index contributed by atoms with van der Waals surface area (Å²) in [7, 11) is -1.89. The number of pyridine rings is 1. The van der Waals surface area contributed by atoms with Crippen molar-refractivity contribution in [1.29, 1.82) is 0 Å². The molecule has 0 amide bonds. The molecule has 0 atom stereocenters. The van der Waals surface area contributed by atoms with Gasteiger partial charge in [-0.3, -0.25) is 4.98 Å². The summed E-state index contributed by atoms with van der Waals surface area (Å²) in [6.07, 6.45) is 5.01. The van der Waals surface area contributed by atoms with Gasteiger partial charge in [0.1, 0.15) is 5.75 Å². The Labute approximate surface area is 201 Å². The van der Waals surface area contributed by atoms with Crippen molar-refractivity contribution in [3.63, 3.8) is 0 Å². The van der Waals surface area contributed by atoms with Gasteiger partial charge in [-0.25, -0.2) is 8.42 Å². The van der Waals surface area contributed by atoms with Gasteiger partial charge in [0.15, 0.2) is 9.84 Å². The van der Waals surface area contributed by atoms with Crippen molar-refractivity contribution in [2.75, 3.05) is 26.6 Å². The van der Waals surface area contributed by atoms with Crippen molar-refractivity contribution < 1.29 is 17.9 Å². The number of ether oxygens (including phenoxy) is 2. The lowest BCUT2D eigenvalue weighted by Gasteiger charge is -2.23. The first-order valence-electron chi connectivity index (χ1n) is 10.9. The SMILES string of the molecule is COc1ccc(S(C)(=O)=O)c2c1c1ncc(Br)cc1n2Cc1cccc(C2CCOCC2)c1. The van der Waals surface area contributed by atoms with E-state index in [9.17, 15) is 8.42 Å². The molecular formula is C25H25BrN2O4S. The molecule has 4 aromatic rings. The number of halogens is 1. The number of sulfone groups is 1. The zero-order valence-electron chi connectivity index (χ0n) is 18.5. The van der Waals surface area contributed by atoms with Crippen LogP contribution in [0, 0.1) is 0 Å². The lowest BCUT2D eigenvalue weighted by atomic mass is 9.91. The quantitative estimate of drug-likeness (QED) is 0.351. The highest BCUT2D eigenvalue weighted by Gasteiger charge is 2.24. The van der Waals surface area contributed by atoms with E-state index in [4.69, 9.17) is 9.47 Å². The largest absolute Gasteiger partial charge is 0.496 e. The number of rotatable bonds is 5. The number of methoxy groups -OCH3 is 1. The van der Waals surface area contributed by atoms with Gasteiger partial charge in [-0.05, 0) is 64.0 Å². The average molecular weight is 529 g/mol. The van der Waals surface area contributed by atoms with Crippen LogP contribution in [0.1, 0.15) is 29.9 Å². The first kappa shape index (κ1) is 22.4. The molecule has 2 aromatic heterocycles. The smallest absolute Gasteiger partial charge is 0.177 e. The summed E-state index contributed by atoms with van der Waals surface area (Å²) in [5.74, 6) is 1.09. The van der Waals surface area contributed by atoms with Gasteiger partial charge in [0, 0.05) is 36.7 Å². The predicted molar refractivity (Wildman–Crippen MR) is 133 cm³/mol. The molecule has 0 spiro atoms. The third-order valence-electron chi connectivity index (χ3n) is 6.34. The lowest BCUT2D eigenvalue weighted by molar-refractivity contribution is 0.0853. The fraction of sp³-hybridized carbons (Fsp3) is 0.320. The van der Waals surface area contributed by atoms with Crippen molar-refractivity contribution in [2.24, 2.45) is 0 Å². The molecular weight excluding hydrogens is 504 g/mol. The van der Waals surface area contributed by atoms with Gasteiger partial charge in [-0.15, -0.1) is 0 Å². The molecule has 0 aliphatic carbocycles. The maximum absolute atomic E-state index is 12.8. The third-order valence-corrected chi connectivity index (χ3v) is 7.90.